The molecule has 0 amide bonds. The number of nitrogens with zero attached hydrogens (tertiary/aromatic N) is 3. The number of benzene rings is 1. The van der Waals surface area contributed by atoms with Gasteiger partial charge in [0.25, 0.3) is 0 Å². The molecule has 1 aromatic carbocycles. The molecule has 0 fully saturated rings. The summed E-state index contributed by atoms with van der Waals surface area (Å²) in [5.74, 6) is 0. The second kappa shape index (κ2) is 6.86. The van der Waals surface area contributed by atoms with Gasteiger partial charge < -0.3 is 16.8 Å². The molecule has 0 atom stereocenters. The minimum absolute atomic E-state index is 0. The first kappa shape index (κ1) is 17.4. The Morgan fingerprint density at radius 1 is 1.05 bits per heavy atom. The Morgan fingerprint density at radius 2 is 1.85 bits per heavy atom. The molecule has 0 aliphatic rings. The number of pyridine rings is 2. The second-order valence-electron chi connectivity index (χ2n) is 3.95. The maximum atomic E-state index is 4.45. The van der Waals surface area contributed by atoms with E-state index in [0.717, 1.165) is 27.5 Å². The molecule has 0 N–H and O–H groups in total. The summed E-state index contributed by atoms with van der Waals surface area (Å²) in [5, 5.41) is 2.10. The average Bonchev–Trinajstić information content (AvgIpc) is 2.89. The third-order valence-electron chi connectivity index (χ3n) is 3.03. The molecule has 4 rings (SSSR count). The Bertz CT molecular complexity index is 788. The van der Waals surface area contributed by atoms with Crippen molar-refractivity contribution < 1.29 is 52.8 Å². The van der Waals surface area contributed by atoms with Crippen LogP contribution in [0.1, 0.15) is 0 Å². The smallest absolute Gasteiger partial charge is 0.0623 e. The van der Waals surface area contributed by atoms with Gasteiger partial charge in [0.15, 0.2) is 0 Å². The van der Waals surface area contributed by atoms with Gasteiger partial charge in [0.1, 0.15) is 0 Å². The van der Waals surface area contributed by atoms with Crippen LogP contribution in [0.15, 0.2) is 48.9 Å². The first-order chi connectivity index (χ1) is 8.45. The summed E-state index contributed by atoms with van der Waals surface area (Å²) >= 11 is 0. The summed E-state index contributed by atoms with van der Waals surface area (Å²) in [6.07, 6.45) is 5.55. The predicted octanol–water partition coefficient (Wildman–Crippen LogP) is 3.28. The van der Waals surface area contributed by atoms with Gasteiger partial charge in [-0.05, 0) is 17.0 Å². The van der Waals surface area contributed by atoms with E-state index >= 15 is 0 Å². The molecular formula is C15H11IrN3Y-2. The Kier molecular flexibility index (Phi) is 5.96. The topological polar surface area (TPSA) is 30.2 Å². The zero-order valence-electron chi connectivity index (χ0n) is 10.9. The molecule has 20 heavy (non-hydrogen) atoms. The summed E-state index contributed by atoms with van der Waals surface area (Å²) in [5.41, 5.74) is 2.99. The van der Waals surface area contributed by atoms with Crippen molar-refractivity contribution in [2.45, 2.75) is 0 Å². The van der Waals surface area contributed by atoms with Crippen LogP contribution in [0.3, 0.4) is 0 Å². The van der Waals surface area contributed by atoms with Gasteiger partial charge >= 0.3 is 0 Å². The minimum Gasteiger partial charge on any atom is -0.358 e. The summed E-state index contributed by atoms with van der Waals surface area (Å²) in [4.78, 5) is 8.84. The molecule has 0 saturated heterocycles. The van der Waals surface area contributed by atoms with Crippen LogP contribution in [0, 0.1) is 13.5 Å². The van der Waals surface area contributed by atoms with Crippen LogP contribution in [-0.2, 0) is 52.8 Å². The number of aromatic nitrogens is 3. The zero-order chi connectivity index (χ0) is 11.2. The molecule has 4 aromatic rings. The molecule has 3 aromatic heterocycles. The van der Waals surface area contributed by atoms with Gasteiger partial charge in [-0.15, -0.1) is 12.1 Å². The predicted molar refractivity (Wildman–Crippen MR) is 73.2 cm³/mol. The fourth-order valence-corrected chi connectivity index (χ4v) is 2.31. The molecule has 100 valence electrons. The van der Waals surface area contributed by atoms with E-state index in [0.29, 0.717) is 0 Å². The van der Waals surface area contributed by atoms with Gasteiger partial charge in [-0.1, -0.05) is 29.8 Å². The molecule has 0 bridgehead atoms. The molecule has 0 saturated carbocycles. The summed E-state index contributed by atoms with van der Waals surface area (Å²) in [6.45, 7) is 0. The van der Waals surface area contributed by atoms with E-state index in [1.165, 1.54) is 0 Å². The number of fused-ring (bicyclic) bond motifs is 6. The second-order valence-corrected chi connectivity index (χ2v) is 3.95. The molecule has 0 spiro atoms. The van der Waals surface area contributed by atoms with E-state index in [2.05, 4.69) is 32.6 Å². The maximum absolute atomic E-state index is 4.45. The minimum atomic E-state index is 0. The van der Waals surface area contributed by atoms with Crippen molar-refractivity contribution in [3.8, 4) is 0 Å². The van der Waals surface area contributed by atoms with Gasteiger partial charge in [0.05, 0.1) is 5.65 Å². The third kappa shape index (κ3) is 2.46. The van der Waals surface area contributed by atoms with Crippen molar-refractivity contribution >= 4 is 27.5 Å². The molecule has 3 heterocycles. The quantitative estimate of drug-likeness (QED) is 0.267. The summed E-state index contributed by atoms with van der Waals surface area (Å²) in [7, 11) is 0. The van der Waals surface area contributed by atoms with E-state index in [4.69, 9.17) is 0 Å². The van der Waals surface area contributed by atoms with E-state index in [-0.39, 0.29) is 60.2 Å². The van der Waals surface area contributed by atoms with Crippen LogP contribution in [0.2, 0.25) is 0 Å². The Hall–Kier alpha value is -0.667. The monoisotopic (exact) mass is 515 g/mol. The SMILES string of the molecule is [CH3-].[Ir].[Y].[c-]1ccnc2c1c1nccn1c1ccccc21. The van der Waals surface area contributed by atoms with E-state index < -0.39 is 0 Å². The molecule has 5 heteroatoms. The average molecular weight is 514 g/mol. The fraction of sp³-hybridized carbons (Fsp3) is 0. The van der Waals surface area contributed by atoms with Crippen LogP contribution in [-0.4, -0.2) is 14.4 Å². The van der Waals surface area contributed by atoms with E-state index in [1.54, 1.807) is 6.20 Å². The first-order valence-corrected chi connectivity index (χ1v) is 5.45. The normalized spacial score (nSPS) is 9.80. The standard InChI is InChI=1S/C14H8N3.CH3.Ir.Y/c1-2-6-12-10(4-1)13-11(5-3-7-15-13)14-16-8-9-17(12)14;;;/h1-4,6-9H;1H3;;/q2*-1;;. The van der Waals surface area contributed by atoms with Gasteiger partial charge in [-0.2, -0.15) is 0 Å². The zero-order valence-corrected chi connectivity index (χ0v) is 16.1. The van der Waals surface area contributed by atoms with Gasteiger partial charge in [0, 0.05) is 70.7 Å². The van der Waals surface area contributed by atoms with Crippen molar-refractivity contribution in [1.82, 2.24) is 14.4 Å². The van der Waals surface area contributed by atoms with Gasteiger partial charge in [-0.25, -0.2) is 0 Å². The van der Waals surface area contributed by atoms with Crippen molar-refractivity contribution in [2.75, 3.05) is 0 Å². The van der Waals surface area contributed by atoms with Crippen LogP contribution in [0.5, 0.6) is 0 Å². The number of imidazole rings is 1. The van der Waals surface area contributed by atoms with E-state index in [1.807, 2.05) is 30.6 Å². The Morgan fingerprint density at radius 3 is 2.70 bits per heavy atom. The Balaban J connectivity index is 0.000000667. The number of rotatable bonds is 0. The van der Waals surface area contributed by atoms with Crippen molar-refractivity contribution in [1.29, 1.82) is 0 Å². The Labute approximate surface area is 156 Å². The fourth-order valence-electron chi connectivity index (χ4n) is 2.31. The maximum Gasteiger partial charge on any atom is 0.0623 e. The van der Waals surface area contributed by atoms with Crippen molar-refractivity contribution in [3.63, 3.8) is 0 Å². The molecule has 3 nitrogen and oxygen atoms in total. The number of para-hydroxylation sites is 1. The summed E-state index contributed by atoms with van der Waals surface area (Å²) in [6, 6.07) is 13.3. The largest absolute Gasteiger partial charge is 0.358 e. The van der Waals surface area contributed by atoms with Gasteiger partial charge in [0.2, 0.25) is 0 Å². The summed E-state index contributed by atoms with van der Waals surface area (Å²) < 4.78 is 2.08. The molecule has 0 unspecified atom stereocenters. The van der Waals surface area contributed by atoms with Crippen LogP contribution in [0.25, 0.3) is 27.5 Å². The molecule has 0 aliphatic heterocycles. The van der Waals surface area contributed by atoms with Crippen molar-refractivity contribution in [2.24, 2.45) is 0 Å². The van der Waals surface area contributed by atoms with Crippen molar-refractivity contribution in [3.05, 3.63) is 62.4 Å². The van der Waals surface area contributed by atoms with Crippen LogP contribution in [0.4, 0.5) is 0 Å². The van der Waals surface area contributed by atoms with E-state index in [9.17, 15) is 0 Å². The molecule has 0 aliphatic carbocycles. The van der Waals surface area contributed by atoms with Gasteiger partial charge in [-0.3, -0.25) is 4.98 Å². The third-order valence-corrected chi connectivity index (χ3v) is 3.03. The first-order valence-electron chi connectivity index (χ1n) is 5.45. The number of hydrogen-bond donors (Lipinski definition) is 0. The molecular weight excluding hydrogens is 503 g/mol. The number of hydrogen-bond acceptors (Lipinski definition) is 2. The molecule has 2 radical (unpaired) electrons. The van der Waals surface area contributed by atoms with Crippen LogP contribution < -0.4 is 0 Å². The van der Waals surface area contributed by atoms with Crippen LogP contribution >= 0.6 is 0 Å².